The van der Waals surface area contributed by atoms with E-state index in [1.54, 1.807) is 18.1 Å². The van der Waals surface area contributed by atoms with Gasteiger partial charge in [-0.2, -0.15) is 15.2 Å². The largest absolute Gasteiger partial charge is 0.467 e. The van der Waals surface area contributed by atoms with Crippen LogP contribution in [0.3, 0.4) is 0 Å². The van der Waals surface area contributed by atoms with Crippen molar-refractivity contribution in [1.29, 1.82) is 5.26 Å². The Morgan fingerprint density at radius 1 is 0.875 bits per heavy atom. The first kappa shape index (κ1) is 40.1. The number of benzene rings is 3. The van der Waals surface area contributed by atoms with Gasteiger partial charge in [0.25, 0.3) is 0 Å². The fourth-order valence-corrected chi connectivity index (χ4v) is 7.24. The topological polar surface area (TPSA) is 134 Å². The van der Waals surface area contributed by atoms with E-state index < -0.39 is 5.60 Å². The third kappa shape index (κ3) is 9.78. The van der Waals surface area contributed by atoms with E-state index in [1.807, 2.05) is 56.0 Å². The second kappa shape index (κ2) is 17.9. The highest BCUT2D eigenvalue weighted by molar-refractivity contribution is 5.94. The Bertz CT molecular complexity index is 2000. The summed E-state index contributed by atoms with van der Waals surface area (Å²) < 4.78 is 21.8. The van der Waals surface area contributed by atoms with E-state index in [-0.39, 0.29) is 24.3 Å². The Morgan fingerprint density at radius 2 is 1.57 bits per heavy atom. The number of aromatic nitrogens is 2. The number of amides is 2. The lowest BCUT2D eigenvalue weighted by Crippen LogP contribution is -2.52. The van der Waals surface area contributed by atoms with Gasteiger partial charge in [-0.15, -0.1) is 0 Å². The van der Waals surface area contributed by atoms with Crippen LogP contribution in [0.25, 0.3) is 10.8 Å². The van der Waals surface area contributed by atoms with Crippen molar-refractivity contribution in [2.24, 2.45) is 0 Å². The molecule has 0 N–H and O–H groups in total. The SMILES string of the molecule is CC#N.CC(C)(C)OC(=O)N1CCOCC12CC2.COc1nc2c(c(N3CCN(C(=O)OCc4ccccc4)CC3)n1)CCN(c1cccc3ccccc13)C2. The van der Waals surface area contributed by atoms with Crippen molar-refractivity contribution < 1.29 is 28.5 Å². The first-order valence-corrected chi connectivity index (χ1v) is 19.3. The third-order valence-electron chi connectivity index (χ3n) is 10.2. The highest BCUT2D eigenvalue weighted by Gasteiger charge is 2.53. The first-order chi connectivity index (χ1) is 27.0. The molecule has 2 saturated heterocycles. The van der Waals surface area contributed by atoms with Gasteiger partial charge in [-0.3, -0.25) is 4.90 Å². The maximum atomic E-state index is 12.6. The van der Waals surface area contributed by atoms with Crippen LogP contribution in [-0.2, 0) is 33.8 Å². The molecule has 0 unspecified atom stereocenters. The fraction of sp³-hybridized carbons (Fsp3) is 0.465. The molecule has 1 spiro atoms. The van der Waals surface area contributed by atoms with Crippen LogP contribution in [0.1, 0.15) is 57.4 Å². The number of morpholine rings is 1. The number of anilines is 2. The number of methoxy groups -OCH3 is 1. The molecule has 1 saturated carbocycles. The Balaban J connectivity index is 0.000000245. The number of carbonyl (C=O) groups is 2. The van der Waals surface area contributed by atoms with Crippen molar-refractivity contribution in [2.75, 3.05) is 69.4 Å². The number of fused-ring (bicyclic) bond motifs is 2. The average molecular weight is 764 g/mol. The quantitative estimate of drug-likeness (QED) is 0.209. The number of hydrogen-bond donors (Lipinski definition) is 0. The number of nitriles is 1. The van der Waals surface area contributed by atoms with Crippen LogP contribution >= 0.6 is 0 Å². The van der Waals surface area contributed by atoms with Gasteiger partial charge in [-0.05, 0) is 57.0 Å². The summed E-state index contributed by atoms with van der Waals surface area (Å²) in [6.07, 6.45) is 2.47. The number of piperazine rings is 1. The summed E-state index contributed by atoms with van der Waals surface area (Å²) in [5, 5.41) is 9.80. The monoisotopic (exact) mass is 763 g/mol. The number of nitrogens with zero attached hydrogens (tertiary/aromatic N) is 7. The molecule has 0 bridgehead atoms. The molecule has 8 rings (SSSR count). The van der Waals surface area contributed by atoms with Crippen LogP contribution in [0, 0.1) is 11.3 Å². The molecule has 13 nitrogen and oxygen atoms in total. The molecule has 0 radical (unpaired) electrons. The molecule has 13 heteroatoms. The van der Waals surface area contributed by atoms with Gasteiger partial charge >= 0.3 is 18.2 Å². The summed E-state index contributed by atoms with van der Waals surface area (Å²) in [5.41, 5.74) is 3.93. The van der Waals surface area contributed by atoms with Crippen LogP contribution in [0.15, 0.2) is 72.8 Å². The Morgan fingerprint density at radius 3 is 2.27 bits per heavy atom. The second-order valence-electron chi connectivity index (χ2n) is 15.3. The van der Waals surface area contributed by atoms with Crippen LogP contribution in [0.4, 0.5) is 21.1 Å². The number of rotatable bonds is 5. The van der Waals surface area contributed by atoms with Crippen molar-refractivity contribution >= 4 is 34.5 Å². The van der Waals surface area contributed by atoms with Gasteiger partial charge in [0.05, 0.1) is 44.2 Å². The maximum Gasteiger partial charge on any atom is 0.410 e. The van der Waals surface area contributed by atoms with E-state index in [0.29, 0.717) is 58.5 Å². The van der Waals surface area contributed by atoms with Crippen molar-refractivity contribution in [3.8, 4) is 12.1 Å². The molecule has 296 valence electrons. The maximum absolute atomic E-state index is 12.6. The molecule has 4 aliphatic rings. The van der Waals surface area contributed by atoms with Gasteiger partial charge in [0.1, 0.15) is 18.0 Å². The molecule has 0 atom stereocenters. The lowest BCUT2D eigenvalue weighted by Gasteiger charge is -2.37. The summed E-state index contributed by atoms with van der Waals surface area (Å²) in [6, 6.07) is 26.8. The molecule has 1 aliphatic carbocycles. The predicted octanol–water partition coefficient (Wildman–Crippen LogP) is 6.98. The second-order valence-corrected chi connectivity index (χ2v) is 15.3. The molecule has 56 heavy (non-hydrogen) atoms. The molecule has 3 fully saturated rings. The molecule has 4 aromatic rings. The van der Waals surface area contributed by atoms with Crippen molar-refractivity contribution in [3.05, 3.63) is 89.6 Å². The number of ether oxygens (including phenoxy) is 4. The van der Waals surface area contributed by atoms with Crippen LogP contribution in [0.2, 0.25) is 0 Å². The minimum absolute atomic E-state index is 0.0272. The van der Waals surface area contributed by atoms with E-state index in [4.69, 9.17) is 34.2 Å². The van der Waals surface area contributed by atoms with Crippen molar-refractivity contribution in [1.82, 2.24) is 19.8 Å². The van der Waals surface area contributed by atoms with Crippen LogP contribution < -0.4 is 14.5 Å². The highest BCUT2D eigenvalue weighted by atomic mass is 16.6. The summed E-state index contributed by atoms with van der Waals surface area (Å²) in [4.78, 5) is 42.3. The smallest absolute Gasteiger partial charge is 0.410 e. The Kier molecular flexibility index (Phi) is 12.8. The Hall–Kier alpha value is -5.61. The zero-order chi connectivity index (χ0) is 39.7. The summed E-state index contributed by atoms with van der Waals surface area (Å²) in [5.74, 6) is 0.918. The van der Waals surface area contributed by atoms with E-state index in [2.05, 4.69) is 52.3 Å². The van der Waals surface area contributed by atoms with Crippen LogP contribution in [0.5, 0.6) is 6.01 Å². The molecule has 3 aliphatic heterocycles. The zero-order valence-corrected chi connectivity index (χ0v) is 33.2. The van der Waals surface area contributed by atoms with E-state index >= 15 is 0 Å². The molecule has 4 heterocycles. The number of carbonyl (C=O) groups excluding carboxylic acids is 2. The lowest BCUT2D eigenvalue weighted by atomic mass is 10.0. The van der Waals surface area contributed by atoms with E-state index in [9.17, 15) is 9.59 Å². The van der Waals surface area contributed by atoms with Gasteiger partial charge in [0.2, 0.25) is 0 Å². The molecule has 1 aromatic heterocycles. The summed E-state index contributed by atoms with van der Waals surface area (Å²) in [6.45, 7) is 13.5. The summed E-state index contributed by atoms with van der Waals surface area (Å²) >= 11 is 0. The third-order valence-corrected chi connectivity index (χ3v) is 10.2. The summed E-state index contributed by atoms with van der Waals surface area (Å²) in [7, 11) is 1.61. The molecular weight excluding hydrogens is 711 g/mol. The van der Waals surface area contributed by atoms with Gasteiger partial charge < -0.3 is 33.6 Å². The van der Waals surface area contributed by atoms with Gasteiger partial charge in [0.15, 0.2) is 0 Å². The van der Waals surface area contributed by atoms with E-state index in [1.165, 1.54) is 28.9 Å². The van der Waals surface area contributed by atoms with E-state index in [0.717, 1.165) is 42.9 Å². The lowest BCUT2D eigenvalue weighted by molar-refractivity contribution is -0.0404. The molecule has 3 aromatic carbocycles. The van der Waals surface area contributed by atoms with Crippen molar-refractivity contribution in [2.45, 2.75) is 71.2 Å². The van der Waals surface area contributed by atoms with Crippen LogP contribution in [-0.4, -0.2) is 103 Å². The highest BCUT2D eigenvalue weighted by Crippen LogP contribution is 2.44. The molecular formula is C43H53N7O6. The number of hydrogen-bond acceptors (Lipinski definition) is 11. The van der Waals surface area contributed by atoms with Crippen molar-refractivity contribution in [3.63, 3.8) is 0 Å². The Labute approximate surface area is 329 Å². The normalized spacial score (nSPS) is 17.0. The van der Waals surface area contributed by atoms with Gasteiger partial charge in [-0.25, -0.2) is 9.59 Å². The van der Waals surface area contributed by atoms with Gasteiger partial charge in [-0.1, -0.05) is 66.7 Å². The zero-order valence-electron chi connectivity index (χ0n) is 33.2. The first-order valence-electron chi connectivity index (χ1n) is 19.3. The standard InChI is InChI=1S/C30H31N5O3.C11H19NO3.C2H3N/c1-37-29-31-26-20-35(27-13-7-11-23-10-5-6-12-24(23)27)15-14-25(26)28(32-29)33-16-18-34(19-17-33)30(36)38-21-22-8-3-2-4-9-22;1-10(2,3)15-9(13)12-6-7-14-8-11(12)4-5-11;1-2-3/h2-13H,14-21H2,1H3;4-8H2,1-3H3;1H3. The average Bonchev–Trinajstić information content (AvgIpc) is 3.98. The minimum Gasteiger partial charge on any atom is -0.467 e. The fourth-order valence-electron chi connectivity index (χ4n) is 7.24. The minimum atomic E-state index is -0.411. The van der Waals surface area contributed by atoms with Gasteiger partial charge in [0, 0.05) is 62.8 Å². The predicted molar refractivity (Wildman–Crippen MR) is 215 cm³/mol. The molecule has 2 amide bonds.